The average molecular weight is 238 g/mol. The standard InChI is InChI=1S/C12H18N2O3/c1-8(2)14-7-13-6-10(14)11(15)5-9(3)12(16)17-4/h6-9H,5H2,1-4H3. The Bertz CT molecular complexity index is 410. The Kier molecular flexibility index (Phi) is 4.43. The maximum atomic E-state index is 12.0. The Morgan fingerprint density at radius 3 is 2.59 bits per heavy atom. The molecule has 0 fully saturated rings. The molecule has 94 valence electrons. The second kappa shape index (κ2) is 5.61. The van der Waals surface area contributed by atoms with E-state index in [0.717, 1.165) is 0 Å². The van der Waals surface area contributed by atoms with Crippen LogP contribution in [0.15, 0.2) is 12.5 Å². The first-order valence-electron chi connectivity index (χ1n) is 5.60. The molecule has 1 atom stereocenters. The SMILES string of the molecule is COC(=O)C(C)CC(=O)c1cncn1C(C)C. The summed E-state index contributed by atoms with van der Waals surface area (Å²) in [5, 5.41) is 0. The van der Waals surface area contributed by atoms with Crippen molar-refractivity contribution < 1.29 is 14.3 Å². The lowest BCUT2D eigenvalue weighted by Gasteiger charge is -2.12. The van der Waals surface area contributed by atoms with E-state index in [2.05, 4.69) is 9.72 Å². The van der Waals surface area contributed by atoms with E-state index in [0.29, 0.717) is 5.69 Å². The summed E-state index contributed by atoms with van der Waals surface area (Å²) in [6.07, 6.45) is 3.30. The van der Waals surface area contributed by atoms with Crippen LogP contribution in [0.3, 0.4) is 0 Å². The van der Waals surface area contributed by atoms with E-state index in [9.17, 15) is 9.59 Å². The lowest BCUT2D eigenvalue weighted by atomic mass is 10.0. The van der Waals surface area contributed by atoms with E-state index in [1.807, 2.05) is 13.8 Å². The van der Waals surface area contributed by atoms with Gasteiger partial charge in [0.05, 0.1) is 25.6 Å². The fraction of sp³-hybridized carbons (Fsp3) is 0.583. The second-order valence-electron chi connectivity index (χ2n) is 4.33. The molecule has 0 spiro atoms. The molecule has 0 saturated carbocycles. The molecule has 0 bridgehead atoms. The highest BCUT2D eigenvalue weighted by Gasteiger charge is 2.21. The molecule has 0 saturated heterocycles. The molecule has 1 heterocycles. The van der Waals surface area contributed by atoms with Gasteiger partial charge in [-0.1, -0.05) is 6.92 Å². The highest BCUT2D eigenvalue weighted by molar-refractivity contribution is 5.96. The van der Waals surface area contributed by atoms with Gasteiger partial charge in [-0.25, -0.2) is 4.98 Å². The van der Waals surface area contributed by atoms with Gasteiger partial charge in [0.1, 0.15) is 5.69 Å². The fourth-order valence-corrected chi connectivity index (χ4v) is 1.60. The van der Waals surface area contributed by atoms with Gasteiger partial charge in [-0.15, -0.1) is 0 Å². The third-order valence-electron chi connectivity index (χ3n) is 2.60. The van der Waals surface area contributed by atoms with Crippen LogP contribution in [0.2, 0.25) is 0 Å². The first-order chi connectivity index (χ1) is 7.97. The summed E-state index contributed by atoms with van der Waals surface area (Å²) in [5.74, 6) is -0.883. The molecule has 0 aliphatic carbocycles. The van der Waals surface area contributed by atoms with Crippen LogP contribution in [-0.4, -0.2) is 28.4 Å². The van der Waals surface area contributed by atoms with Gasteiger partial charge in [0, 0.05) is 12.5 Å². The van der Waals surface area contributed by atoms with Crippen molar-refractivity contribution in [2.45, 2.75) is 33.2 Å². The molecule has 0 aliphatic rings. The molecule has 5 nitrogen and oxygen atoms in total. The van der Waals surface area contributed by atoms with E-state index < -0.39 is 5.92 Å². The molecule has 0 aromatic carbocycles. The molecule has 1 aromatic rings. The van der Waals surface area contributed by atoms with Gasteiger partial charge in [-0.3, -0.25) is 9.59 Å². The minimum atomic E-state index is -0.428. The third kappa shape index (κ3) is 3.15. The number of hydrogen-bond donors (Lipinski definition) is 0. The number of hydrogen-bond acceptors (Lipinski definition) is 4. The highest BCUT2D eigenvalue weighted by atomic mass is 16.5. The molecule has 0 radical (unpaired) electrons. The molecule has 0 aliphatic heterocycles. The predicted octanol–water partition coefficient (Wildman–Crippen LogP) is 1.85. The maximum absolute atomic E-state index is 12.0. The number of rotatable bonds is 5. The van der Waals surface area contributed by atoms with E-state index in [-0.39, 0.29) is 24.2 Å². The van der Waals surface area contributed by atoms with Crippen LogP contribution >= 0.6 is 0 Å². The van der Waals surface area contributed by atoms with Crippen molar-refractivity contribution >= 4 is 11.8 Å². The van der Waals surface area contributed by atoms with Crippen molar-refractivity contribution in [1.82, 2.24) is 9.55 Å². The van der Waals surface area contributed by atoms with Gasteiger partial charge in [0.25, 0.3) is 0 Å². The van der Waals surface area contributed by atoms with Gasteiger partial charge >= 0.3 is 5.97 Å². The van der Waals surface area contributed by atoms with Crippen LogP contribution in [0.1, 0.15) is 43.7 Å². The number of methoxy groups -OCH3 is 1. The first kappa shape index (κ1) is 13.4. The molecule has 5 heteroatoms. The zero-order valence-corrected chi connectivity index (χ0v) is 10.6. The van der Waals surface area contributed by atoms with Crippen LogP contribution < -0.4 is 0 Å². The van der Waals surface area contributed by atoms with Crippen LogP contribution in [0, 0.1) is 5.92 Å². The van der Waals surface area contributed by atoms with Crippen molar-refractivity contribution in [3.8, 4) is 0 Å². The van der Waals surface area contributed by atoms with Crippen molar-refractivity contribution in [3.63, 3.8) is 0 Å². The summed E-state index contributed by atoms with van der Waals surface area (Å²) < 4.78 is 6.39. The Morgan fingerprint density at radius 1 is 1.41 bits per heavy atom. The van der Waals surface area contributed by atoms with Crippen molar-refractivity contribution in [3.05, 3.63) is 18.2 Å². The lowest BCUT2D eigenvalue weighted by molar-refractivity contribution is -0.144. The number of aromatic nitrogens is 2. The lowest BCUT2D eigenvalue weighted by Crippen LogP contribution is -2.19. The number of imidazole rings is 1. The third-order valence-corrected chi connectivity index (χ3v) is 2.60. The Hall–Kier alpha value is -1.65. The number of esters is 1. The zero-order valence-electron chi connectivity index (χ0n) is 10.6. The summed E-state index contributed by atoms with van der Waals surface area (Å²) >= 11 is 0. The summed E-state index contributed by atoms with van der Waals surface area (Å²) in [6, 6.07) is 0.171. The van der Waals surface area contributed by atoms with Gasteiger partial charge in [0.2, 0.25) is 0 Å². The van der Waals surface area contributed by atoms with Crippen LogP contribution in [0.5, 0.6) is 0 Å². The molecule has 0 amide bonds. The first-order valence-corrected chi connectivity index (χ1v) is 5.60. The van der Waals surface area contributed by atoms with E-state index in [1.165, 1.54) is 13.3 Å². The van der Waals surface area contributed by atoms with Gasteiger partial charge < -0.3 is 9.30 Å². The number of ether oxygens (including phenoxy) is 1. The van der Waals surface area contributed by atoms with E-state index >= 15 is 0 Å². The molecular weight excluding hydrogens is 220 g/mol. The predicted molar refractivity (Wildman–Crippen MR) is 62.7 cm³/mol. The number of carbonyl (C=O) groups is 2. The Morgan fingerprint density at radius 2 is 2.06 bits per heavy atom. The number of ketones is 1. The Balaban J connectivity index is 2.76. The molecule has 1 aromatic heterocycles. The van der Waals surface area contributed by atoms with Gasteiger partial charge in [-0.2, -0.15) is 0 Å². The number of nitrogens with zero attached hydrogens (tertiary/aromatic N) is 2. The van der Waals surface area contributed by atoms with Crippen LogP contribution in [-0.2, 0) is 9.53 Å². The molecule has 1 unspecified atom stereocenters. The number of carbonyl (C=O) groups excluding carboxylic acids is 2. The van der Waals surface area contributed by atoms with Crippen molar-refractivity contribution in [1.29, 1.82) is 0 Å². The smallest absolute Gasteiger partial charge is 0.308 e. The monoisotopic (exact) mass is 238 g/mol. The van der Waals surface area contributed by atoms with Crippen molar-refractivity contribution in [2.24, 2.45) is 5.92 Å². The van der Waals surface area contributed by atoms with Crippen molar-refractivity contribution in [2.75, 3.05) is 7.11 Å². The largest absolute Gasteiger partial charge is 0.469 e. The summed E-state index contributed by atoms with van der Waals surface area (Å²) in [4.78, 5) is 27.2. The highest BCUT2D eigenvalue weighted by Crippen LogP contribution is 2.14. The molecule has 17 heavy (non-hydrogen) atoms. The van der Waals surface area contributed by atoms with E-state index in [4.69, 9.17) is 0 Å². The van der Waals surface area contributed by atoms with Gasteiger partial charge in [-0.05, 0) is 13.8 Å². The molecular formula is C12H18N2O3. The summed E-state index contributed by atoms with van der Waals surface area (Å²) in [5.41, 5.74) is 0.538. The minimum absolute atomic E-state index is 0.0888. The van der Waals surface area contributed by atoms with E-state index in [1.54, 1.807) is 17.8 Å². The molecule has 1 rings (SSSR count). The fourth-order valence-electron chi connectivity index (χ4n) is 1.60. The Labute approximate surface area is 101 Å². The zero-order chi connectivity index (χ0) is 13.0. The quantitative estimate of drug-likeness (QED) is 0.580. The van der Waals surface area contributed by atoms with Gasteiger partial charge in [0.15, 0.2) is 5.78 Å². The topological polar surface area (TPSA) is 61.2 Å². The molecule has 0 N–H and O–H groups in total. The minimum Gasteiger partial charge on any atom is -0.469 e. The second-order valence-corrected chi connectivity index (χ2v) is 4.33. The van der Waals surface area contributed by atoms with Crippen LogP contribution in [0.4, 0.5) is 0 Å². The summed E-state index contributed by atoms with van der Waals surface area (Å²) in [7, 11) is 1.32. The average Bonchev–Trinajstić information content (AvgIpc) is 2.76. The maximum Gasteiger partial charge on any atom is 0.308 e. The van der Waals surface area contributed by atoms with Crippen LogP contribution in [0.25, 0.3) is 0 Å². The normalized spacial score (nSPS) is 12.5. The summed E-state index contributed by atoms with van der Waals surface area (Å²) in [6.45, 7) is 5.63. The number of Topliss-reactive ketones (excluding diaryl/α,β-unsaturated/α-hetero) is 1.